The van der Waals surface area contributed by atoms with Gasteiger partial charge in [-0.05, 0) is 36.2 Å². The summed E-state index contributed by atoms with van der Waals surface area (Å²) in [6.07, 6.45) is 2.50. The van der Waals surface area contributed by atoms with Gasteiger partial charge in [0.05, 0.1) is 6.26 Å². The Morgan fingerprint density at radius 1 is 1.22 bits per heavy atom. The molecular weight excluding hydrogens is 297 g/mol. The minimum Gasteiger partial charge on any atom is -0.467 e. The average Bonchev–Trinajstić information content (AvgIpc) is 3.08. The van der Waals surface area contributed by atoms with Crippen molar-refractivity contribution in [2.45, 2.75) is 19.6 Å². The minimum absolute atomic E-state index is 0.231. The first-order valence-corrected chi connectivity index (χ1v) is 7.57. The zero-order chi connectivity index (χ0) is 16.3. The van der Waals surface area contributed by atoms with Crippen LogP contribution in [0, 0.1) is 5.82 Å². The van der Waals surface area contributed by atoms with Crippen molar-refractivity contribution in [3.05, 3.63) is 59.8 Å². The molecule has 124 valence electrons. The smallest absolute Gasteiger partial charge is 0.191 e. The first-order chi connectivity index (χ1) is 11.3. The molecule has 2 rings (SSSR count). The van der Waals surface area contributed by atoms with Crippen molar-refractivity contribution in [1.29, 1.82) is 0 Å². The van der Waals surface area contributed by atoms with Crippen LogP contribution in [-0.4, -0.2) is 26.2 Å². The number of aliphatic imine (C=N–C) groups is 1. The van der Waals surface area contributed by atoms with E-state index >= 15 is 0 Å². The maximum absolute atomic E-state index is 12.8. The molecule has 0 saturated carbocycles. The highest BCUT2D eigenvalue weighted by Crippen LogP contribution is 2.02. The van der Waals surface area contributed by atoms with Crippen molar-refractivity contribution < 1.29 is 13.5 Å². The lowest BCUT2D eigenvalue weighted by Gasteiger charge is -2.12. The summed E-state index contributed by atoms with van der Waals surface area (Å²) in [5, 5.41) is 6.39. The third-order valence-electron chi connectivity index (χ3n) is 3.18. The number of rotatable bonds is 8. The van der Waals surface area contributed by atoms with Gasteiger partial charge in [-0.2, -0.15) is 0 Å². The molecule has 5 nitrogen and oxygen atoms in total. The molecular formula is C17H22FN3O2. The van der Waals surface area contributed by atoms with E-state index in [1.807, 2.05) is 12.1 Å². The maximum atomic E-state index is 12.8. The molecule has 1 aromatic heterocycles. The first-order valence-electron chi connectivity index (χ1n) is 7.57. The highest BCUT2D eigenvalue weighted by Gasteiger charge is 1.99. The van der Waals surface area contributed by atoms with E-state index in [0.717, 1.165) is 24.3 Å². The summed E-state index contributed by atoms with van der Waals surface area (Å²) in [5.41, 5.74) is 0.996. The monoisotopic (exact) mass is 319 g/mol. The predicted octanol–water partition coefficient (Wildman–Crippen LogP) is 2.69. The number of furan rings is 1. The van der Waals surface area contributed by atoms with Gasteiger partial charge in [-0.3, -0.25) is 4.99 Å². The second kappa shape index (κ2) is 9.63. The SMILES string of the molecule is CN=C(NCCCOCc1ccco1)NCc1ccc(F)cc1. The largest absolute Gasteiger partial charge is 0.467 e. The lowest BCUT2D eigenvalue weighted by molar-refractivity contribution is 0.105. The van der Waals surface area contributed by atoms with Crippen LogP contribution in [0.3, 0.4) is 0 Å². The fourth-order valence-corrected chi connectivity index (χ4v) is 1.96. The second-order valence-electron chi connectivity index (χ2n) is 4.96. The molecule has 2 N–H and O–H groups in total. The molecule has 2 aromatic rings. The molecule has 0 atom stereocenters. The van der Waals surface area contributed by atoms with Crippen molar-refractivity contribution in [3.8, 4) is 0 Å². The van der Waals surface area contributed by atoms with E-state index in [4.69, 9.17) is 9.15 Å². The lowest BCUT2D eigenvalue weighted by atomic mass is 10.2. The van der Waals surface area contributed by atoms with Gasteiger partial charge < -0.3 is 19.8 Å². The van der Waals surface area contributed by atoms with E-state index in [1.165, 1.54) is 12.1 Å². The number of ether oxygens (including phenoxy) is 1. The molecule has 0 unspecified atom stereocenters. The number of halogens is 1. The van der Waals surface area contributed by atoms with Gasteiger partial charge in [0.15, 0.2) is 5.96 Å². The zero-order valence-electron chi connectivity index (χ0n) is 13.2. The van der Waals surface area contributed by atoms with Gasteiger partial charge in [0.1, 0.15) is 18.2 Å². The normalized spacial score (nSPS) is 11.5. The van der Waals surface area contributed by atoms with Gasteiger partial charge in [-0.1, -0.05) is 12.1 Å². The molecule has 0 saturated heterocycles. The summed E-state index contributed by atoms with van der Waals surface area (Å²) in [6, 6.07) is 10.1. The Morgan fingerprint density at radius 2 is 2.04 bits per heavy atom. The van der Waals surface area contributed by atoms with E-state index < -0.39 is 0 Å². The van der Waals surface area contributed by atoms with Gasteiger partial charge in [0, 0.05) is 26.7 Å². The Morgan fingerprint density at radius 3 is 2.74 bits per heavy atom. The van der Waals surface area contributed by atoms with E-state index in [2.05, 4.69) is 15.6 Å². The molecule has 0 amide bonds. The highest BCUT2D eigenvalue weighted by molar-refractivity contribution is 5.79. The standard InChI is InChI=1S/C17H22FN3O2/c1-19-17(21-12-14-5-7-15(18)8-6-14)20-9-3-10-22-13-16-4-2-11-23-16/h2,4-8,11H,3,9-10,12-13H2,1H3,(H2,19,20,21). The predicted molar refractivity (Wildman–Crippen MR) is 87.6 cm³/mol. The van der Waals surface area contributed by atoms with Crippen LogP contribution < -0.4 is 10.6 Å². The highest BCUT2D eigenvalue weighted by atomic mass is 19.1. The van der Waals surface area contributed by atoms with E-state index in [0.29, 0.717) is 25.7 Å². The third-order valence-corrected chi connectivity index (χ3v) is 3.18. The van der Waals surface area contributed by atoms with Gasteiger partial charge in [0.2, 0.25) is 0 Å². The minimum atomic E-state index is -0.231. The molecule has 0 bridgehead atoms. The maximum Gasteiger partial charge on any atom is 0.191 e. The van der Waals surface area contributed by atoms with E-state index in [9.17, 15) is 4.39 Å². The Balaban J connectivity index is 1.56. The number of benzene rings is 1. The zero-order valence-corrected chi connectivity index (χ0v) is 13.2. The van der Waals surface area contributed by atoms with Crippen LogP contribution in [0.4, 0.5) is 4.39 Å². The van der Waals surface area contributed by atoms with Crippen LogP contribution >= 0.6 is 0 Å². The quantitative estimate of drug-likeness (QED) is 0.446. The number of guanidine groups is 1. The first kappa shape index (κ1) is 17.0. The van der Waals surface area contributed by atoms with Crippen molar-refractivity contribution in [2.24, 2.45) is 4.99 Å². The molecule has 0 aliphatic rings. The lowest BCUT2D eigenvalue weighted by Crippen LogP contribution is -2.37. The van der Waals surface area contributed by atoms with Crippen molar-refractivity contribution >= 4 is 5.96 Å². The van der Waals surface area contributed by atoms with Crippen LogP contribution in [0.1, 0.15) is 17.7 Å². The number of hydrogen-bond acceptors (Lipinski definition) is 3. The Kier molecular flexibility index (Phi) is 7.13. The van der Waals surface area contributed by atoms with Crippen molar-refractivity contribution in [3.63, 3.8) is 0 Å². The molecule has 0 spiro atoms. The molecule has 0 radical (unpaired) electrons. The fraction of sp³-hybridized carbons (Fsp3) is 0.353. The molecule has 23 heavy (non-hydrogen) atoms. The van der Waals surface area contributed by atoms with Crippen LogP contribution in [0.5, 0.6) is 0 Å². The van der Waals surface area contributed by atoms with Gasteiger partial charge >= 0.3 is 0 Å². The van der Waals surface area contributed by atoms with Crippen molar-refractivity contribution in [1.82, 2.24) is 10.6 Å². The summed E-state index contributed by atoms with van der Waals surface area (Å²) >= 11 is 0. The summed E-state index contributed by atoms with van der Waals surface area (Å²) in [5.74, 6) is 1.31. The van der Waals surface area contributed by atoms with Crippen molar-refractivity contribution in [2.75, 3.05) is 20.2 Å². The average molecular weight is 319 g/mol. The second-order valence-corrected chi connectivity index (χ2v) is 4.96. The van der Waals surface area contributed by atoms with E-state index in [-0.39, 0.29) is 5.82 Å². The topological polar surface area (TPSA) is 58.8 Å². The van der Waals surface area contributed by atoms with Gasteiger partial charge in [0.25, 0.3) is 0 Å². The molecule has 0 fully saturated rings. The number of hydrogen-bond donors (Lipinski definition) is 2. The van der Waals surface area contributed by atoms with Crippen LogP contribution in [0.15, 0.2) is 52.1 Å². The fourth-order valence-electron chi connectivity index (χ4n) is 1.96. The molecule has 0 aliphatic heterocycles. The molecule has 1 heterocycles. The molecule has 1 aromatic carbocycles. The van der Waals surface area contributed by atoms with Gasteiger partial charge in [-0.25, -0.2) is 4.39 Å². The summed E-state index contributed by atoms with van der Waals surface area (Å²) in [7, 11) is 1.72. The molecule has 0 aliphatic carbocycles. The Hall–Kier alpha value is -2.34. The molecule has 6 heteroatoms. The summed E-state index contributed by atoms with van der Waals surface area (Å²) < 4.78 is 23.5. The summed E-state index contributed by atoms with van der Waals surface area (Å²) in [4.78, 5) is 4.14. The Labute approximate surface area is 135 Å². The van der Waals surface area contributed by atoms with Crippen LogP contribution in [0.2, 0.25) is 0 Å². The Bertz CT molecular complexity index is 582. The summed E-state index contributed by atoms with van der Waals surface area (Å²) in [6.45, 7) is 2.48. The van der Waals surface area contributed by atoms with Crippen LogP contribution in [-0.2, 0) is 17.9 Å². The third kappa shape index (κ3) is 6.52. The number of nitrogens with one attached hydrogen (secondary N) is 2. The number of nitrogens with zero attached hydrogens (tertiary/aromatic N) is 1. The van der Waals surface area contributed by atoms with E-state index in [1.54, 1.807) is 25.4 Å². The van der Waals surface area contributed by atoms with Crippen LogP contribution in [0.25, 0.3) is 0 Å². The van der Waals surface area contributed by atoms with Gasteiger partial charge in [-0.15, -0.1) is 0 Å².